The van der Waals surface area contributed by atoms with Crippen molar-refractivity contribution in [2.75, 3.05) is 0 Å². The van der Waals surface area contributed by atoms with Gasteiger partial charge in [-0.25, -0.2) is 23.3 Å². The summed E-state index contributed by atoms with van der Waals surface area (Å²) in [6.07, 6.45) is 28.0. The van der Waals surface area contributed by atoms with E-state index in [2.05, 4.69) is 50.3 Å². The van der Waals surface area contributed by atoms with Crippen LogP contribution in [0.2, 0.25) is 0 Å². The van der Waals surface area contributed by atoms with E-state index in [0.29, 0.717) is 0 Å². The molecule has 0 saturated heterocycles. The Morgan fingerprint density at radius 3 is 1.48 bits per heavy atom. The van der Waals surface area contributed by atoms with Crippen molar-refractivity contribution in [3.63, 3.8) is 0 Å². The fourth-order valence-corrected chi connectivity index (χ4v) is 2.37. The molecule has 2 aliphatic rings. The van der Waals surface area contributed by atoms with Gasteiger partial charge in [-0.1, -0.05) is 65.2 Å². The Morgan fingerprint density at radius 2 is 1.19 bits per heavy atom. The van der Waals surface area contributed by atoms with E-state index in [4.69, 9.17) is 0 Å². The van der Waals surface area contributed by atoms with Crippen LogP contribution in [0.1, 0.15) is 78.1 Å². The van der Waals surface area contributed by atoms with Crippen molar-refractivity contribution in [1.29, 1.82) is 0 Å². The van der Waals surface area contributed by atoms with E-state index in [1.54, 1.807) is 0 Å². The Bertz CT molecular complexity index is 322. The summed E-state index contributed by atoms with van der Waals surface area (Å²) >= 11 is 0. The summed E-state index contributed by atoms with van der Waals surface area (Å²) in [5.41, 5.74) is 2.85. The minimum absolute atomic E-state index is 0. The Kier molecular flexibility index (Phi) is 14.2. The Morgan fingerprint density at radius 1 is 0.762 bits per heavy atom. The second kappa shape index (κ2) is 14.5. The third-order valence-electron chi connectivity index (χ3n) is 3.63. The maximum absolute atomic E-state index is 3.32. The average molecular weight is 336 g/mol. The number of hydrogen-bond donors (Lipinski definition) is 0. The summed E-state index contributed by atoms with van der Waals surface area (Å²) in [6, 6.07) is 0. The van der Waals surface area contributed by atoms with Crippen LogP contribution >= 0.6 is 0 Å². The summed E-state index contributed by atoms with van der Waals surface area (Å²) in [5, 5.41) is 0. The fourth-order valence-electron chi connectivity index (χ4n) is 2.37. The van der Waals surface area contributed by atoms with Crippen molar-refractivity contribution < 1.29 is 19.5 Å². The van der Waals surface area contributed by atoms with Crippen molar-refractivity contribution in [1.82, 2.24) is 0 Å². The number of rotatable bonds is 8. The molecule has 112 valence electrons. The predicted octanol–water partition coefficient (Wildman–Crippen LogP) is 6.51. The van der Waals surface area contributed by atoms with E-state index < -0.39 is 0 Å². The van der Waals surface area contributed by atoms with Crippen molar-refractivity contribution >= 4 is 0 Å². The molecule has 2 rings (SSSR count). The zero-order chi connectivity index (χ0) is 14.5. The maximum Gasteiger partial charge on any atom is 2.00 e. The number of hydrogen-bond acceptors (Lipinski definition) is 0. The molecule has 0 aliphatic heterocycles. The molecule has 0 saturated carbocycles. The van der Waals surface area contributed by atoms with E-state index >= 15 is 0 Å². The summed E-state index contributed by atoms with van der Waals surface area (Å²) in [5.74, 6) is 0. The first-order chi connectivity index (χ1) is 9.86. The molecule has 0 aromatic rings. The van der Waals surface area contributed by atoms with Crippen LogP contribution in [0.5, 0.6) is 0 Å². The Labute approximate surface area is 145 Å². The predicted molar refractivity (Wildman–Crippen MR) is 89.3 cm³/mol. The van der Waals surface area contributed by atoms with Gasteiger partial charge in [0, 0.05) is 0 Å². The maximum atomic E-state index is 3.32. The standard InChI is InChI=1S/2C10H15.Zn/c2*1-2-3-4-7-10-8-5-6-9-10;/h2*5,8H,2-4,6-7H2,1H3;/q2*-1;+2. The molecule has 0 heterocycles. The second-order valence-corrected chi connectivity index (χ2v) is 5.53. The van der Waals surface area contributed by atoms with Crippen LogP contribution in [-0.2, 0) is 19.5 Å². The second-order valence-electron chi connectivity index (χ2n) is 5.53. The van der Waals surface area contributed by atoms with E-state index in [1.165, 1.54) is 62.5 Å². The molecule has 0 radical (unpaired) electrons. The van der Waals surface area contributed by atoms with E-state index in [0.717, 1.165) is 12.8 Å². The topological polar surface area (TPSA) is 0 Å². The molecule has 0 aromatic carbocycles. The molecule has 0 spiro atoms. The number of allylic oxidation sites excluding steroid dienone is 8. The third kappa shape index (κ3) is 10.9. The first kappa shape index (κ1) is 20.6. The monoisotopic (exact) mass is 334 g/mol. The summed E-state index contributed by atoms with van der Waals surface area (Å²) < 4.78 is 0. The van der Waals surface area contributed by atoms with Gasteiger partial charge in [-0.05, 0) is 0 Å². The average Bonchev–Trinajstić information content (AvgIpc) is 3.13. The van der Waals surface area contributed by atoms with Crippen molar-refractivity contribution in [2.24, 2.45) is 0 Å². The normalized spacial score (nSPS) is 15.1. The zero-order valence-electron chi connectivity index (χ0n) is 14.1. The van der Waals surface area contributed by atoms with Gasteiger partial charge in [0.2, 0.25) is 0 Å². The first-order valence-electron chi connectivity index (χ1n) is 8.39. The molecule has 0 aromatic heterocycles. The Hall–Kier alpha value is -0.417. The molecule has 0 fully saturated rings. The van der Waals surface area contributed by atoms with Crippen molar-refractivity contribution in [3.8, 4) is 0 Å². The van der Waals surface area contributed by atoms with Gasteiger partial charge >= 0.3 is 19.5 Å². The molecule has 2 aliphatic carbocycles. The SMILES string of the molecule is CCCCCC1=[C-]CC=C1.CCCCCC1=[C-]CC=C1.[Zn+2]. The van der Waals surface area contributed by atoms with Gasteiger partial charge < -0.3 is 0 Å². The van der Waals surface area contributed by atoms with Crippen LogP contribution in [-0.4, -0.2) is 0 Å². The summed E-state index contributed by atoms with van der Waals surface area (Å²) in [6.45, 7) is 4.48. The minimum Gasteiger partial charge on any atom is -0.269 e. The molecular formula is C20H30Zn. The molecule has 0 nitrogen and oxygen atoms in total. The van der Waals surface area contributed by atoms with Gasteiger partial charge in [-0.15, -0.1) is 12.8 Å². The van der Waals surface area contributed by atoms with Crippen LogP contribution in [0.4, 0.5) is 0 Å². The van der Waals surface area contributed by atoms with Crippen molar-refractivity contribution in [3.05, 3.63) is 47.6 Å². The van der Waals surface area contributed by atoms with E-state index in [1.807, 2.05) is 0 Å². The molecule has 0 bridgehead atoms. The molecule has 0 amide bonds. The largest absolute Gasteiger partial charge is 2.00 e. The smallest absolute Gasteiger partial charge is 0.269 e. The van der Waals surface area contributed by atoms with Crippen LogP contribution < -0.4 is 0 Å². The molecular weight excluding hydrogens is 306 g/mol. The quantitative estimate of drug-likeness (QED) is 0.269. The van der Waals surface area contributed by atoms with Gasteiger partial charge in [-0.2, -0.15) is 12.2 Å². The molecule has 21 heavy (non-hydrogen) atoms. The third-order valence-corrected chi connectivity index (χ3v) is 3.63. The van der Waals surface area contributed by atoms with Gasteiger partial charge in [0.25, 0.3) is 0 Å². The van der Waals surface area contributed by atoms with Gasteiger partial charge in [0.1, 0.15) is 0 Å². The first-order valence-corrected chi connectivity index (χ1v) is 8.39. The van der Waals surface area contributed by atoms with Crippen LogP contribution in [0, 0.1) is 12.2 Å². The summed E-state index contributed by atoms with van der Waals surface area (Å²) in [4.78, 5) is 0. The van der Waals surface area contributed by atoms with Gasteiger partial charge in [-0.3, -0.25) is 12.2 Å². The molecule has 0 unspecified atom stereocenters. The van der Waals surface area contributed by atoms with Crippen molar-refractivity contribution in [2.45, 2.75) is 78.1 Å². The van der Waals surface area contributed by atoms with E-state index in [-0.39, 0.29) is 19.5 Å². The van der Waals surface area contributed by atoms with Crippen LogP contribution in [0.15, 0.2) is 35.5 Å². The van der Waals surface area contributed by atoms with Gasteiger partial charge in [0.05, 0.1) is 0 Å². The van der Waals surface area contributed by atoms with Crippen LogP contribution in [0.25, 0.3) is 0 Å². The fraction of sp³-hybridized carbons (Fsp3) is 0.600. The molecule has 1 heteroatoms. The number of unbranched alkanes of at least 4 members (excludes halogenated alkanes) is 4. The summed E-state index contributed by atoms with van der Waals surface area (Å²) in [7, 11) is 0. The van der Waals surface area contributed by atoms with Gasteiger partial charge in [0.15, 0.2) is 0 Å². The molecule has 0 atom stereocenters. The Balaban J connectivity index is 0.000000364. The zero-order valence-corrected chi connectivity index (χ0v) is 17.1. The molecule has 0 N–H and O–H groups in total. The van der Waals surface area contributed by atoms with Crippen LogP contribution in [0.3, 0.4) is 0 Å². The minimum atomic E-state index is 0. The van der Waals surface area contributed by atoms with E-state index in [9.17, 15) is 0 Å².